The lowest BCUT2D eigenvalue weighted by Gasteiger charge is -2.20. The van der Waals surface area contributed by atoms with E-state index in [0.29, 0.717) is 13.0 Å². The van der Waals surface area contributed by atoms with E-state index in [1.807, 2.05) is 36.4 Å². The van der Waals surface area contributed by atoms with Crippen molar-refractivity contribution in [2.75, 3.05) is 35.0 Å². The second-order valence-corrected chi connectivity index (χ2v) is 5.42. The van der Waals surface area contributed by atoms with Crippen LogP contribution in [-0.2, 0) is 6.42 Å². The van der Waals surface area contributed by atoms with E-state index in [4.69, 9.17) is 24.7 Å². The number of hydrogen-bond acceptors (Lipinski definition) is 5. The van der Waals surface area contributed by atoms with Gasteiger partial charge in [-0.25, -0.2) is 0 Å². The predicted molar refractivity (Wildman–Crippen MR) is 94.6 cm³/mol. The topological polar surface area (TPSA) is 62.9 Å². The number of ether oxygens (including phenoxy) is 4. The van der Waals surface area contributed by atoms with Gasteiger partial charge in [0.2, 0.25) is 0 Å². The fourth-order valence-electron chi connectivity index (χ4n) is 2.79. The van der Waals surface area contributed by atoms with Crippen LogP contribution >= 0.6 is 0 Å². The van der Waals surface area contributed by atoms with E-state index in [9.17, 15) is 0 Å². The second-order valence-electron chi connectivity index (χ2n) is 5.42. The summed E-state index contributed by atoms with van der Waals surface area (Å²) in [6.07, 6.45) is 0.709. The molecule has 0 bridgehead atoms. The molecule has 24 heavy (non-hydrogen) atoms. The number of hydrogen-bond donors (Lipinski definition) is 1. The first-order valence-corrected chi connectivity index (χ1v) is 7.79. The van der Waals surface area contributed by atoms with Crippen LogP contribution < -0.4 is 24.7 Å². The van der Waals surface area contributed by atoms with Crippen LogP contribution in [0.2, 0.25) is 0 Å². The van der Waals surface area contributed by atoms with Gasteiger partial charge in [-0.3, -0.25) is 0 Å². The molecule has 5 nitrogen and oxygen atoms in total. The fraction of sp³-hybridized carbons (Fsp3) is 0.368. The molecule has 1 atom stereocenters. The van der Waals surface area contributed by atoms with Gasteiger partial charge >= 0.3 is 0 Å². The van der Waals surface area contributed by atoms with Crippen LogP contribution in [0.3, 0.4) is 0 Å². The van der Waals surface area contributed by atoms with Crippen LogP contribution in [0.4, 0.5) is 0 Å². The molecule has 0 heterocycles. The fourth-order valence-corrected chi connectivity index (χ4v) is 2.79. The largest absolute Gasteiger partial charge is 0.497 e. The van der Waals surface area contributed by atoms with Gasteiger partial charge in [-0.2, -0.15) is 0 Å². The lowest BCUT2D eigenvalue weighted by molar-refractivity contribution is 0.390. The van der Waals surface area contributed by atoms with E-state index >= 15 is 0 Å². The van der Waals surface area contributed by atoms with Crippen molar-refractivity contribution < 1.29 is 18.9 Å². The van der Waals surface area contributed by atoms with E-state index in [1.165, 1.54) is 0 Å². The molecule has 0 aliphatic rings. The Balaban J connectivity index is 2.39. The van der Waals surface area contributed by atoms with Gasteiger partial charge in [-0.05, 0) is 54.9 Å². The molecule has 1 unspecified atom stereocenters. The SMILES string of the molecule is COc1ccc(OC)c(CC(CN)c2cc(OC)ccc2OC)c1. The molecular weight excluding hydrogens is 306 g/mol. The van der Waals surface area contributed by atoms with Gasteiger partial charge < -0.3 is 24.7 Å². The number of nitrogens with two attached hydrogens (primary N) is 1. The molecule has 0 amide bonds. The molecule has 0 saturated carbocycles. The molecule has 0 aromatic heterocycles. The van der Waals surface area contributed by atoms with Crippen molar-refractivity contribution in [3.63, 3.8) is 0 Å². The van der Waals surface area contributed by atoms with E-state index in [1.54, 1.807) is 28.4 Å². The van der Waals surface area contributed by atoms with Crippen molar-refractivity contribution in [2.45, 2.75) is 12.3 Å². The molecule has 2 aromatic rings. The molecule has 5 heteroatoms. The van der Waals surface area contributed by atoms with Crippen molar-refractivity contribution in [1.82, 2.24) is 0 Å². The number of rotatable bonds is 8. The molecule has 0 radical (unpaired) electrons. The van der Waals surface area contributed by atoms with E-state index < -0.39 is 0 Å². The third-order valence-corrected chi connectivity index (χ3v) is 4.12. The smallest absolute Gasteiger partial charge is 0.122 e. The standard InChI is InChI=1S/C19H25NO4/c1-21-15-5-7-18(23-3)13(10-15)9-14(12-20)17-11-16(22-2)6-8-19(17)24-4/h5-8,10-11,14H,9,12,20H2,1-4H3. The molecular formula is C19H25NO4. The van der Waals surface area contributed by atoms with Crippen molar-refractivity contribution in [1.29, 1.82) is 0 Å². The third kappa shape index (κ3) is 3.92. The molecule has 0 saturated heterocycles. The summed E-state index contributed by atoms with van der Waals surface area (Å²) in [4.78, 5) is 0. The second kappa shape index (κ2) is 8.45. The zero-order chi connectivity index (χ0) is 17.5. The zero-order valence-electron chi connectivity index (χ0n) is 14.7. The summed E-state index contributed by atoms with van der Waals surface area (Å²) in [5.74, 6) is 3.25. The predicted octanol–water partition coefficient (Wildman–Crippen LogP) is 3.01. The lowest BCUT2D eigenvalue weighted by atomic mass is 9.90. The molecule has 0 spiro atoms. The van der Waals surface area contributed by atoms with Crippen LogP contribution in [0, 0.1) is 0 Å². The number of methoxy groups -OCH3 is 4. The Morgan fingerprint density at radius 2 is 1.38 bits per heavy atom. The minimum Gasteiger partial charge on any atom is -0.497 e. The summed E-state index contributed by atoms with van der Waals surface area (Å²) in [5.41, 5.74) is 8.12. The van der Waals surface area contributed by atoms with Gasteiger partial charge in [0.15, 0.2) is 0 Å². The first-order valence-electron chi connectivity index (χ1n) is 7.79. The summed E-state index contributed by atoms with van der Waals surface area (Å²) in [6.45, 7) is 0.476. The molecule has 130 valence electrons. The highest BCUT2D eigenvalue weighted by molar-refractivity contribution is 5.46. The Hall–Kier alpha value is -2.40. The van der Waals surface area contributed by atoms with Crippen molar-refractivity contribution in [2.24, 2.45) is 5.73 Å². The average molecular weight is 331 g/mol. The Labute approximate surface area is 143 Å². The Kier molecular flexibility index (Phi) is 6.32. The van der Waals surface area contributed by atoms with Crippen molar-refractivity contribution >= 4 is 0 Å². The molecule has 0 aliphatic carbocycles. The van der Waals surface area contributed by atoms with Crippen molar-refractivity contribution in [3.05, 3.63) is 47.5 Å². The van der Waals surface area contributed by atoms with E-state index in [0.717, 1.165) is 34.1 Å². The Morgan fingerprint density at radius 3 is 1.92 bits per heavy atom. The normalized spacial score (nSPS) is 11.7. The van der Waals surface area contributed by atoms with Gasteiger partial charge in [0.1, 0.15) is 23.0 Å². The molecule has 2 aromatic carbocycles. The van der Waals surface area contributed by atoms with Gasteiger partial charge in [-0.1, -0.05) is 0 Å². The first-order chi connectivity index (χ1) is 11.7. The molecule has 2 N–H and O–H groups in total. The maximum absolute atomic E-state index is 6.06. The van der Waals surface area contributed by atoms with E-state index in [2.05, 4.69) is 0 Å². The highest BCUT2D eigenvalue weighted by Crippen LogP contribution is 2.35. The van der Waals surface area contributed by atoms with Gasteiger partial charge in [0.25, 0.3) is 0 Å². The summed E-state index contributed by atoms with van der Waals surface area (Å²) in [7, 11) is 6.62. The van der Waals surface area contributed by atoms with Gasteiger partial charge in [-0.15, -0.1) is 0 Å². The molecule has 2 rings (SSSR count). The summed E-state index contributed by atoms with van der Waals surface area (Å²) in [5, 5.41) is 0. The average Bonchev–Trinajstić information content (AvgIpc) is 2.65. The highest BCUT2D eigenvalue weighted by Gasteiger charge is 2.19. The summed E-state index contributed by atoms with van der Waals surface area (Å²) < 4.78 is 21.6. The number of benzene rings is 2. The maximum atomic E-state index is 6.06. The third-order valence-electron chi connectivity index (χ3n) is 4.12. The lowest BCUT2D eigenvalue weighted by Crippen LogP contribution is -2.16. The summed E-state index contributed by atoms with van der Waals surface area (Å²) in [6, 6.07) is 11.5. The molecule has 0 aliphatic heterocycles. The summed E-state index contributed by atoms with van der Waals surface area (Å²) >= 11 is 0. The minimum absolute atomic E-state index is 0.0658. The maximum Gasteiger partial charge on any atom is 0.122 e. The van der Waals surface area contributed by atoms with Crippen LogP contribution in [-0.4, -0.2) is 35.0 Å². The Morgan fingerprint density at radius 1 is 0.792 bits per heavy atom. The van der Waals surface area contributed by atoms with Gasteiger partial charge in [0.05, 0.1) is 28.4 Å². The van der Waals surface area contributed by atoms with Crippen LogP contribution in [0.1, 0.15) is 17.0 Å². The quantitative estimate of drug-likeness (QED) is 0.805. The van der Waals surface area contributed by atoms with Gasteiger partial charge in [0, 0.05) is 11.5 Å². The van der Waals surface area contributed by atoms with Crippen LogP contribution in [0.15, 0.2) is 36.4 Å². The van der Waals surface area contributed by atoms with Crippen molar-refractivity contribution in [3.8, 4) is 23.0 Å². The zero-order valence-corrected chi connectivity index (χ0v) is 14.7. The van der Waals surface area contributed by atoms with E-state index in [-0.39, 0.29) is 5.92 Å². The van der Waals surface area contributed by atoms with Crippen LogP contribution in [0.25, 0.3) is 0 Å². The van der Waals surface area contributed by atoms with Crippen LogP contribution in [0.5, 0.6) is 23.0 Å². The highest BCUT2D eigenvalue weighted by atomic mass is 16.5. The minimum atomic E-state index is 0.0658. The first kappa shape index (κ1) is 17.9. The molecule has 0 fully saturated rings. The monoisotopic (exact) mass is 331 g/mol. The Bertz CT molecular complexity index is 672.